The van der Waals surface area contributed by atoms with Crippen molar-refractivity contribution in [2.75, 3.05) is 19.6 Å². The molecule has 1 saturated heterocycles. The SMILES string of the molecule is CC1CCCN(C(N)=NCCc2nc(-c3ccc(Cl)cc3)no2)C1. The summed E-state index contributed by atoms with van der Waals surface area (Å²) in [5, 5.41) is 4.67. The Morgan fingerprint density at radius 1 is 1.42 bits per heavy atom. The molecule has 3 rings (SSSR count). The molecule has 0 aliphatic carbocycles. The largest absolute Gasteiger partial charge is 0.370 e. The van der Waals surface area contributed by atoms with Crippen LogP contribution in [0.15, 0.2) is 33.8 Å². The highest BCUT2D eigenvalue weighted by Gasteiger charge is 2.17. The lowest BCUT2D eigenvalue weighted by Gasteiger charge is -2.31. The van der Waals surface area contributed by atoms with E-state index in [9.17, 15) is 0 Å². The molecule has 1 atom stereocenters. The van der Waals surface area contributed by atoms with Gasteiger partial charge < -0.3 is 15.2 Å². The van der Waals surface area contributed by atoms with E-state index >= 15 is 0 Å². The van der Waals surface area contributed by atoms with Gasteiger partial charge >= 0.3 is 0 Å². The van der Waals surface area contributed by atoms with Crippen LogP contribution < -0.4 is 5.73 Å². The van der Waals surface area contributed by atoms with Gasteiger partial charge in [-0.1, -0.05) is 23.7 Å². The predicted octanol–water partition coefficient (Wildman–Crippen LogP) is 2.98. The number of nitrogens with zero attached hydrogens (tertiary/aromatic N) is 4. The molecule has 1 fully saturated rings. The topological polar surface area (TPSA) is 80.5 Å². The van der Waals surface area contributed by atoms with Gasteiger partial charge in [-0.05, 0) is 43.0 Å². The van der Waals surface area contributed by atoms with Crippen molar-refractivity contribution in [1.29, 1.82) is 0 Å². The van der Waals surface area contributed by atoms with Gasteiger partial charge in [-0.15, -0.1) is 0 Å². The molecule has 7 heteroatoms. The van der Waals surface area contributed by atoms with Gasteiger partial charge in [0.1, 0.15) is 0 Å². The quantitative estimate of drug-likeness (QED) is 0.679. The van der Waals surface area contributed by atoms with Crippen LogP contribution in [0.2, 0.25) is 5.02 Å². The second-order valence-electron chi connectivity index (χ2n) is 6.20. The molecule has 2 aromatic rings. The van der Waals surface area contributed by atoms with Crippen LogP contribution in [0.4, 0.5) is 0 Å². The number of guanidine groups is 1. The number of aliphatic imine (C=N–C) groups is 1. The third-order valence-corrected chi connectivity index (χ3v) is 4.40. The molecule has 128 valence electrons. The highest BCUT2D eigenvalue weighted by molar-refractivity contribution is 6.30. The van der Waals surface area contributed by atoms with Crippen molar-refractivity contribution < 1.29 is 4.52 Å². The van der Waals surface area contributed by atoms with E-state index in [1.165, 1.54) is 12.8 Å². The summed E-state index contributed by atoms with van der Waals surface area (Å²) in [6.07, 6.45) is 3.01. The maximum Gasteiger partial charge on any atom is 0.228 e. The standard InChI is InChI=1S/C17H22ClN5O/c1-12-3-2-10-23(11-12)17(19)20-9-8-15-21-16(22-24-15)13-4-6-14(18)7-5-13/h4-7,12H,2-3,8-11H2,1H3,(H2,19,20). The molecule has 1 aromatic carbocycles. The second kappa shape index (κ2) is 7.66. The first-order valence-corrected chi connectivity index (χ1v) is 8.63. The fourth-order valence-corrected chi connectivity index (χ4v) is 2.96. The first kappa shape index (κ1) is 16.8. The number of likely N-dealkylation sites (tertiary alicyclic amines) is 1. The Kier molecular flexibility index (Phi) is 5.35. The number of piperidine rings is 1. The van der Waals surface area contributed by atoms with Crippen LogP contribution >= 0.6 is 11.6 Å². The minimum absolute atomic E-state index is 0.541. The third kappa shape index (κ3) is 4.26. The van der Waals surface area contributed by atoms with Crippen LogP contribution in [0.25, 0.3) is 11.4 Å². The van der Waals surface area contributed by atoms with Crippen molar-refractivity contribution in [2.24, 2.45) is 16.6 Å². The number of halogens is 1. The Labute approximate surface area is 146 Å². The van der Waals surface area contributed by atoms with Gasteiger partial charge in [0.25, 0.3) is 0 Å². The number of benzene rings is 1. The molecule has 0 amide bonds. The second-order valence-corrected chi connectivity index (χ2v) is 6.64. The third-order valence-electron chi connectivity index (χ3n) is 4.15. The zero-order valence-electron chi connectivity index (χ0n) is 13.8. The minimum atomic E-state index is 0.541. The molecule has 0 radical (unpaired) electrons. The van der Waals surface area contributed by atoms with Crippen molar-refractivity contribution in [3.63, 3.8) is 0 Å². The van der Waals surface area contributed by atoms with Crippen molar-refractivity contribution in [2.45, 2.75) is 26.2 Å². The van der Waals surface area contributed by atoms with Crippen LogP contribution in [-0.2, 0) is 6.42 Å². The molecular formula is C17H22ClN5O. The summed E-state index contributed by atoms with van der Waals surface area (Å²) in [5.41, 5.74) is 6.96. The van der Waals surface area contributed by atoms with E-state index in [0.717, 1.165) is 18.7 Å². The zero-order valence-corrected chi connectivity index (χ0v) is 14.5. The van der Waals surface area contributed by atoms with Gasteiger partial charge in [0.2, 0.25) is 11.7 Å². The molecule has 2 heterocycles. The molecule has 1 aromatic heterocycles. The Balaban J connectivity index is 1.55. The van der Waals surface area contributed by atoms with Gasteiger partial charge in [0, 0.05) is 30.1 Å². The summed E-state index contributed by atoms with van der Waals surface area (Å²) >= 11 is 5.88. The number of hydrogen-bond acceptors (Lipinski definition) is 4. The molecule has 0 spiro atoms. The molecule has 1 aliphatic rings. The van der Waals surface area contributed by atoms with Gasteiger partial charge in [-0.25, -0.2) is 0 Å². The van der Waals surface area contributed by atoms with Crippen LogP contribution in [-0.4, -0.2) is 40.6 Å². The Bertz CT molecular complexity index is 697. The van der Waals surface area contributed by atoms with Crippen molar-refractivity contribution in [1.82, 2.24) is 15.0 Å². The molecule has 24 heavy (non-hydrogen) atoms. The van der Waals surface area contributed by atoms with E-state index in [4.69, 9.17) is 21.9 Å². The first-order valence-electron chi connectivity index (χ1n) is 8.25. The monoisotopic (exact) mass is 347 g/mol. The highest BCUT2D eigenvalue weighted by Crippen LogP contribution is 2.19. The van der Waals surface area contributed by atoms with E-state index in [1.54, 1.807) is 12.1 Å². The highest BCUT2D eigenvalue weighted by atomic mass is 35.5. The Morgan fingerprint density at radius 2 is 2.21 bits per heavy atom. The van der Waals surface area contributed by atoms with Gasteiger partial charge in [-0.3, -0.25) is 4.99 Å². The molecule has 0 saturated carbocycles. The van der Waals surface area contributed by atoms with E-state index < -0.39 is 0 Å². The van der Waals surface area contributed by atoms with Crippen molar-refractivity contribution in [3.8, 4) is 11.4 Å². The zero-order chi connectivity index (χ0) is 16.9. The molecular weight excluding hydrogens is 326 g/mol. The summed E-state index contributed by atoms with van der Waals surface area (Å²) in [4.78, 5) is 11.0. The van der Waals surface area contributed by atoms with Gasteiger partial charge in [-0.2, -0.15) is 4.98 Å². The average molecular weight is 348 g/mol. The van der Waals surface area contributed by atoms with E-state index in [-0.39, 0.29) is 0 Å². The molecule has 0 bridgehead atoms. The number of aromatic nitrogens is 2. The van der Waals surface area contributed by atoms with Crippen molar-refractivity contribution >= 4 is 17.6 Å². The van der Waals surface area contributed by atoms with E-state index in [1.807, 2.05) is 12.1 Å². The number of hydrogen-bond donors (Lipinski definition) is 1. The van der Waals surface area contributed by atoms with E-state index in [0.29, 0.717) is 41.6 Å². The van der Waals surface area contributed by atoms with Crippen LogP contribution in [0.5, 0.6) is 0 Å². The normalized spacial score (nSPS) is 18.8. The lowest BCUT2D eigenvalue weighted by atomic mass is 10.0. The summed E-state index contributed by atoms with van der Waals surface area (Å²) in [6.45, 7) is 4.76. The number of rotatable bonds is 4. The van der Waals surface area contributed by atoms with Crippen LogP contribution in [0.3, 0.4) is 0 Å². The first-order chi connectivity index (χ1) is 11.6. The van der Waals surface area contributed by atoms with Crippen LogP contribution in [0, 0.1) is 5.92 Å². The van der Waals surface area contributed by atoms with Crippen LogP contribution in [0.1, 0.15) is 25.7 Å². The predicted molar refractivity (Wildman–Crippen MR) is 94.9 cm³/mol. The Hall–Kier alpha value is -2.08. The maximum absolute atomic E-state index is 6.08. The molecule has 6 nitrogen and oxygen atoms in total. The number of nitrogens with two attached hydrogens (primary N) is 1. The fraction of sp³-hybridized carbons (Fsp3) is 0.471. The minimum Gasteiger partial charge on any atom is -0.370 e. The molecule has 1 aliphatic heterocycles. The van der Waals surface area contributed by atoms with Gasteiger partial charge in [0.15, 0.2) is 5.96 Å². The molecule has 1 unspecified atom stereocenters. The average Bonchev–Trinajstić information content (AvgIpc) is 3.04. The van der Waals surface area contributed by atoms with E-state index in [2.05, 4.69) is 27.0 Å². The lowest BCUT2D eigenvalue weighted by Crippen LogP contribution is -2.43. The summed E-state index contributed by atoms with van der Waals surface area (Å²) in [5.74, 6) is 2.40. The smallest absolute Gasteiger partial charge is 0.228 e. The Morgan fingerprint density at radius 3 is 2.96 bits per heavy atom. The van der Waals surface area contributed by atoms with Crippen molar-refractivity contribution in [3.05, 3.63) is 35.2 Å². The molecule has 2 N–H and O–H groups in total. The summed E-state index contributed by atoms with van der Waals surface area (Å²) < 4.78 is 5.28. The van der Waals surface area contributed by atoms with Gasteiger partial charge in [0.05, 0.1) is 6.54 Å². The summed E-state index contributed by atoms with van der Waals surface area (Å²) in [7, 11) is 0. The summed E-state index contributed by atoms with van der Waals surface area (Å²) in [6, 6.07) is 7.34. The fourth-order valence-electron chi connectivity index (χ4n) is 2.84. The lowest BCUT2D eigenvalue weighted by molar-refractivity contribution is 0.270. The maximum atomic E-state index is 6.08.